The van der Waals surface area contributed by atoms with Crippen molar-refractivity contribution in [3.05, 3.63) is 0 Å². The third-order valence-electron chi connectivity index (χ3n) is 1.28. The van der Waals surface area contributed by atoms with Crippen LogP contribution in [0.2, 0.25) is 0 Å². The largest absolute Gasteiger partial charge is 0.364 e. The van der Waals surface area contributed by atoms with E-state index in [9.17, 15) is 0 Å². The summed E-state index contributed by atoms with van der Waals surface area (Å²) in [6, 6.07) is 0. The molecule has 0 radical (unpaired) electrons. The van der Waals surface area contributed by atoms with Crippen LogP contribution < -0.4 is 5.73 Å². The summed E-state index contributed by atoms with van der Waals surface area (Å²) in [7, 11) is 0. The van der Waals surface area contributed by atoms with Crippen LogP contribution in [0.5, 0.6) is 0 Å². The van der Waals surface area contributed by atoms with Gasteiger partial charge in [-0.05, 0) is 13.8 Å². The quantitative estimate of drug-likeness (QED) is 0.692. The van der Waals surface area contributed by atoms with E-state index in [4.69, 9.17) is 10.5 Å². The molecule has 0 aliphatic carbocycles. The fourth-order valence-corrected chi connectivity index (χ4v) is 2.15. The Morgan fingerprint density at radius 1 is 1.33 bits per heavy atom. The highest BCUT2D eigenvalue weighted by molar-refractivity contribution is 8.01. The number of hydrogen-bond donors (Lipinski definition) is 1. The molecule has 0 spiro atoms. The van der Waals surface area contributed by atoms with Gasteiger partial charge in [-0.1, -0.05) is 20.8 Å². The predicted octanol–water partition coefficient (Wildman–Crippen LogP) is 2.23. The van der Waals surface area contributed by atoms with Gasteiger partial charge >= 0.3 is 0 Å². The van der Waals surface area contributed by atoms with Crippen molar-refractivity contribution in [2.24, 2.45) is 5.73 Å². The zero-order valence-electron chi connectivity index (χ0n) is 8.76. The summed E-state index contributed by atoms with van der Waals surface area (Å²) in [6.45, 7) is 11.2. The molecule has 0 heterocycles. The van der Waals surface area contributed by atoms with E-state index in [1.54, 1.807) is 0 Å². The van der Waals surface area contributed by atoms with E-state index >= 15 is 0 Å². The molecule has 0 saturated carbocycles. The van der Waals surface area contributed by atoms with Gasteiger partial charge in [0.1, 0.15) is 5.44 Å². The molecule has 12 heavy (non-hydrogen) atoms. The first-order valence-corrected chi connectivity index (χ1v) is 5.26. The van der Waals surface area contributed by atoms with E-state index in [-0.39, 0.29) is 16.3 Å². The normalized spacial score (nSPS) is 17.5. The third-order valence-corrected chi connectivity index (χ3v) is 2.43. The Labute approximate surface area is 80.2 Å². The Kier molecular flexibility index (Phi) is 5.21. The van der Waals surface area contributed by atoms with Gasteiger partial charge in [0, 0.05) is 11.3 Å². The van der Waals surface area contributed by atoms with Crippen molar-refractivity contribution in [1.29, 1.82) is 0 Å². The number of thioether (sulfide) groups is 1. The molecule has 0 rings (SSSR count). The van der Waals surface area contributed by atoms with Gasteiger partial charge < -0.3 is 10.5 Å². The summed E-state index contributed by atoms with van der Waals surface area (Å²) in [5.41, 5.74) is 5.68. The minimum absolute atomic E-state index is 0.162. The molecular formula is C9H21NOS. The summed E-state index contributed by atoms with van der Waals surface area (Å²) >= 11 is 1.82. The van der Waals surface area contributed by atoms with Crippen LogP contribution in [-0.2, 0) is 4.74 Å². The summed E-state index contributed by atoms with van der Waals surface area (Å²) in [5, 5.41) is 0. The van der Waals surface area contributed by atoms with Crippen molar-refractivity contribution in [2.45, 2.75) is 50.9 Å². The van der Waals surface area contributed by atoms with E-state index in [2.05, 4.69) is 27.7 Å². The van der Waals surface area contributed by atoms with E-state index in [1.165, 1.54) is 0 Å². The molecule has 0 aromatic heterocycles. The van der Waals surface area contributed by atoms with Crippen molar-refractivity contribution >= 4 is 11.8 Å². The van der Waals surface area contributed by atoms with Crippen LogP contribution in [0.25, 0.3) is 0 Å². The minimum atomic E-state index is 0.162. The fraction of sp³-hybridized carbons (Fsp3) is 1.00. The zero-order chi connectivity index (χ0) is 9.78. The molecule has 2 unspecified atom stereocenters. The van der Waals surface area contributed by atoms with Crippen LogP contribution in [0.3, 0.4) is 0 Å². The molecule has 0 bridgehead atoms. The second kappa shape index (κ2) is 5.10. The molecule has 0 aromatic rings. The van der Waals surface area contributed by atoms with Crippen LogP contribution >= 0.6 is 11.8 Å². The van der Waals surface area contributed by atoms with Crippen molar-refractivity contribution in [2.75, 3.05) is 6.54 Å². The molecule has 0 fully saturated rings. The third kappa shape index (κ3) is 6.95. The van der Waals surface area contributed by atoms with E-state index < -0.39 is 0 Å². The van der Waals surface area contributed by atoms with Crippen molar-refractivity contribution in [1.82, 2.24) is 0 Å². The van der Waals surface area contributed by atoms with Crippen LogP contribution in [0.4, 0.5) is 0 Å². The molecule has 0 aliphatic heterocycles. The highest BCUT2D eigenvalue weighted by Gasteiger charge is 2.17. The lowest BCUT2D eigenvalue weighted by Gasteiger charge is -2.25. The van der Waals surface area contributed by atoms with Crippen LogP contribution in [-0.4, -0.2) is 22.8 Å². The second-order valence-corrected chi connectivity index (χ2v) is 6.10. The van der Waals surface area contributed by atoms with Crippen LogP contribution in [0.1, 0.15) is 34.6 Å². The van der Waals surface area contributed by atoms with Gasteiger partial charge in [0.15, 0.2) is 0 Å². The average molecular weight is 191 g/mol. The Hall–Kier alpha value is 0.270. The topological polar surface area (TPSA) is 35.2 Å². The molecule has 0 amide bonds. The van der Waals surface area contributed by atoms with Gasteiger partial charge in [0.2, 0.25) is 0 Å². The zero-order valence-corrected chi connectivity index (χ0v) is 9.57. The van der Waals surface area contributed by atoms with Crippen molar-refractivity contribution < 1.29 is 4.74 Å². The molecule has 74 valence electrons. The maximum Gasteiger partial charge on any atom is 0.101 e. The lowest BCUT2D eigenvalue weighted by molar-refractivity contribution is 0.0617. The van der Waals surface area contributed by atoms with E-state index in [0.29, 0.717) is 6.54 Å². The second-order valence-electron chi connectivity index (χ2n) is 3.98. The van der Waals surface area contributed by atoms with Gasteiger partial charge in [0.05, 0.1) is 6.10 Å². The molecule has 2 N–H and O–H groups in total. The maximum absolute atomic E-state index is 5.61. The molecule has 3 heteroatoms. The monoisotopic (exact) mass is 191 g/mol. The van der Waals surface area contributed by atoms with E-state index in [0.717, 1.165) is 0 Å². The van der Waals surface area contributed by atoms with Gasteiger partial charge in [-0.15, -0.1) is 11.8 Å². The van der Waals surface area contributed by atoms with Crippen LogP contribution in [0.15, 0.2) is 0 Å². The average Bonchev–Trinajstić information content (AvgIpc) is 1.82. The Bertz CT molecular complexity index is 122. The first kappa shape index (κ1) is 12.3. The number of ether oxygens (including phenoxy) is 1. The van der Waals surface area contributed by atoms with Gasteiger partial charge in [-0.25, -0.2) is 0 Å². The maximum atomic E-state index is 5.61. The SMILES string of the molecule is CC(CN)OC(C)SC(C)(C)C. The number of nitrogens with two attached hydrogens (primary N) is 1. The minimum Gasteiger partial charge on any atom is -0.364 e. The van der Waals surface area contributed by atoms with Gasteiger partial charge in [-0.2, -0.15) is 0 Å². The standard InChI is InChI=1S/C9H21NOS/c1-7(6-10)11-8(2)12-9(3,4)5/h7-8H,6,10H2,1-5H3. The summed E-state index contributed by atoms with van der Waals surface area (Å²) < 4.78 is 5.87. The first-order valence-electron chi connectivity index (χ1n) is 4.38. The molecule has 2 atom stereocenters. The summed E-state index contributed by atoms with van der Waals surface area (Å²) in [6.07, 6.45) is 0.162. The van der Waals surface area contributed by atoms with Crippen molar-refractivity contribution in [3.63, 3.8) is 0 Å². The van der Waals surface area contributed by atoms with Crippen molar-refractivity contribution in [3.8, 4) is 0 Å². The number of hydrogen-bond acceptors (Lipinski definition) is 3. The van der Waals surface area contributed by atoms with Crippen LogP contribution in [0, 0.1) is 0 Å². The highest BCUT2D eigenvalue weighted by atomic mass is 32.2. The summed E-state index contributed by atoms with van der Waals surface area (Å²) in [5.74, 6) is 0. The molecule has 0 aromatic carbocycles. The molecule has 2 nitrogen and oxygen atoms in total. The summed E-state index contributed by atoms with van der Waals surface area (Å²) in [4.78, 5) is 0. The van der Waals surface area contributed by atoms with Gasteiger partial charge in [-0.3, -0.25) is 0 Å². The predicted molar refractivity (Wildman–Crippen MR) is 56.4 cm³/mol. The number of rotatable bonds is 4. The molecule has 0 saturated heterocycles. The van der Waals surface area contributed by atoms with Gasteiger partial charge in [0.25, 0.3) is 0 Å². The highest BCUT2D eigenvalue weighted by Crippen LogP contribution is 2.28. The van der Waals surface area contributed by atoms with E-state index in [1.807, 2.05) is 18.7 Å². The lowest BCUT2D eigenvalue weighted by atomic mass is 10.3. The fourth-order valence-electron chi connectivity index (χ4n) is 0.908. The smallest absolute Gasteiger partial charge is 0.101 e. The Morgan fingerprint density at radius 3 is 2.17 bits per heavy atom. The Balaban J connectivity index is 3.66. The molecule has 0 aliphatic rings. The Morgan fingerprint density at radius 2 is 1.83 bits per heavy atom. The lowest BCUT2D eigenvalue weighted by Crippen LogP contribution is -2.25. The first-order chi connectivity index (χ1) is 5.35. The molecular weight excluding hydrogens is 170 g/mol.